The molecule has 3 aromatic rings. The molecule has 2 atom stereocenters. The molecule has 5 saturated heterocycles. The molecule has 0 spiro atoms. The van der Waals surface area contributed by atoms with Crippen LogP contribution in [-0.2, 0) is 20.4 Å². The van der Waals surface area contributed by atoms with E-state index in [1.54, 1.807) is 46.6 Å². The molecule has 0 saturated carbocycles. The smallest absolute Gasteiger partial charge is 0.343 e. The van der Waals surface area contributed by atoms with Gasteiger partial charge in [-0.15, -0.1) is 0 Å². The number of aromatic nitrogens is 1. The number of imide groups is 1. The lowest BCUT2D eigenvalue weighted by molar-refractivity contribution is -0.190. The molecule has 304 valence electrons. The fourth-order valence-corrected chi connectivity index (χ4v) is 9.22. The summed E-state index contributed by atoms with van der Waals surface area (Å²) in [6.07, 6.45) is 4.30. The molecule has 5 fully saturated rings. The van der Waals surface area contributed by atoms with Crippen LogP contribution in [-0.4, -0.2) is 145 Å². The van der Waals surface area contributed by atoms with Gasteiger partial charge in [-0.25, -0.2) is 19.6 Å². The van der Waals surface area contributed by atoms with E-state index in [1.807, 2.05) is 23.1 Å². The van der Waals surface area contributed by atoms with Crippen LogP contribution >= 0.6 is 23.2 Å². The zero-order valence-electron chi connectivity index (χ0n) is 32.2. The van der Waals surface area contributed by atoms with Gasteiger partial charge in [0.05, 0.1) is 36.8 Å². The van der Waals surface area contributed by atoms with E-state index in [2.05, 4.69) is 15.2 Å². The number of pyridine rings is 1. The quantitative estimate of drug-likeness (QED) is 0.286. The molecule has 2 N–H and O–H groups in total. The summed E-state index contributed by atoms with van der Waals surface area (Å²) in [5.74, 6) is -0.619. The van der Waals surface area contributed by atoms with Crippen molar-refractivity contribution in [2.24, 2.45) is 0 Å². The first kappa shape index (κ1) is 40.5. The van der Waals surface area contributed by atoms with Gasteiger partial charge < -0.3 is 29.1 Å². The molecular formula is C40H47Cl2N7O8. The minimum absolute atomic E-state index is 0.169. The Kier molecular flexibility index (Phi) is 11.8. The van der Waals surface area contributed by atoms with Crippen molar-refractivity contribution in [3.8, 4) is 17.2 Å². The SMILES string of the molecule is COc1cc(C(=O)N2CC[C@@](CCN3CCC(C(=O)NC(=O)N4[C@@H](C(=O)O)N5CCN4CC5)(c4cccnc4)CC3)(c3ccc(Cl)c(Cl)c3)C2)cc(OC)c1OC. The molecule has 5 aliphatic heterocycles. The number of likely N-dealkylation sites (tertiary alicyclic amines) is 2. The number of aliphatic carboxylic acids is 1. The number of carbonyl (C=O) groups excluding carboxylic acids is 3. The van der Waals surface area contributed by atoms with E-state index in [1.165, 1.54) is 26.3 Å². The second-order valence-electron chi connectivity index (χ2n) is 15.0. The summed E-state index contributed by atoms with van der Waals surface area (Å²) in [5, 5.41) is 16.3. The Labute approximate surface area is 341 Å². The number of fused-ring (bicyclic) bond motifs is 3. The van der Waals surface area contributed by atoms with Crippen molar-refractivity contribution in [2.75, 3.05) is 80.2 Å². The number of piperazine rings is 1. The third-order valence-corrected chi connectivity index (χ3v) is 12.9. The summed E-state index contributed by atoms with van der Waals surface area (Å²) in [7, 11) is 4.53. The summed E-state index contributed by atoms with van der Waals surface area (Å²) in [6, 6.07) is 11.8. The highest BCUT2D eigenvalue weighted by Gasteiger charge is 2.49. The topological polar surface area (TPSA) is 157 Å². The van der Waals surface area contributed by atoms with E-state index < -0.39 is 34.9 Å². The Hall–Kier alpha value is -4.67. The van der Waals surface area contributed by atoms with Crippen molar-refractivity contribution >= 4 is 47.0 Å². The molecule has 57 heavy (non-hydrogen) atoms. The molecule has 1 aromatic heterocycles. The average Bonchev–Trinajstić information content (AvgIpc) is 3.69. The molecule has 6 heterocycles. The first-order valence-corrected chi connectivity index (χ1v) is 19.7. The highest BCUT2D eigenvalue weighted by molar-refractivity contribution is 6.42. The summed E-state index contributed by atoms with van der Waals surface area (Å²) >= 11 is 12.9. The normalized spacial score (nSPS) is 24.2. The van der Waals surface area contributed by atoms with Gasteiger partial charge in [-0.1, -0.05) is 35.3 Å². The number of rotatable bonds is 11. The summed E-state index contributed by atoms with van der Waals surface area (Å²) in [4.78, 5) is 64.5. The van der Waals surface area contributed by atoms with Crippen LogP contribution in [0, 0.1) is 0 Å². The number of hydrazine groups is 1. The van der Waals surface area contributed by atoms with Crippen molar-refractivity contribution in [1.82, 2.24) is 35.0 Å². The minimum Gasteiger partial charge on any atom is -0.493 e. The number of carbonyl (C=O) groups is 4. The Bertz CT molecular complexity index is 1980. The summed E-state index contributed by atoms with van der Waals surface area (Å²) in [5.41, 5.74) is 0.566. The number of benzene rings is 2. The molecule has 17 heteroatoms. The van der Waals surface area contributed by atoms with Crippen LogP contribution in [0.1, 0.15) is 47.2 Å². The molecule has 2 bridgehead atoms. The molecule has 15 nitrogen and oxygen atoms in total. The largest absolute Gasteiger partial charge is 0.493 e. The fourth-order valence-electron chi connectivity index (χ4n) is 8.92. The number of nitrogens with one attached hydrogen (secondary N) is 1. The fraction of sp³-hybridized carbons (Fsp3) is 0.475. The lowest BCUT2D eigenvalue weighted by Crippen LogP contribution is -2.74. The van der Waals surface area contributed by atoms with Crippen molar-refractivity contribution in [3.63, 3.8) is 0 Å². The first-order valence-electron chi connectivity index (χ1n) is 19.0. The monoisotopic (exact) mass is 823 g/mol. The van der Waals surface area contributed by atoms with Gasteiger partial charge in [0.1, 0.15) is 0 Å². The molecular weight excluding hydrogens is 777 g/mol. The van der Waals surface area contributed by atoms with Crippen LogP contribution in [0.15, 0.2) is 54.9 Å². The van der Waals surface area contributed by atoms with Gasteiger partial charge in [-0.2, -0.15) is 0 Å². The lowest BCUT2D eigenvalue weighted by Gasteiger charge is -2.52. The zero-order chi connectivity index (χ0) is 40.5. The van der Waals surface area contributed by atoms with Crippen LogP contribution in [0.3, 0.4) is 0 Å². The molecule has 2 aromatic carbocycles. The molecule has 8 rings (SSSR count). The van der Waals surface area contributed by atoms with Gasteiger partial charge in [-0.3, -0.25) is 24.8 Å². The maximum atomic E-state index is 14.3. The van der Waals surface area contributed by atoms with E-state index in [0.29, 0.717) is 123 Å². The summed E-state index contributed by atoms with van der Waals surface area (Å²) < 4.78 is 16.5. The number of urea groups is 1. The molecule has 5 aliphatic rings. The van der Waals surface area contributed by atoms with Gasteiger partial charge in [-0.05, 0) is 86.8 Å². The van der Waals surface area contributed by atoms with Crippen molar-refractivity contribution in [2.45, 2.75) is 42.7 Å². The minimum atomic E-state index is -1.18. The number of hydrogen-bond acceptors (Lipinski definition) is 11. The van der Waals surface area contributed by atoms with E-state index in [-0.39, 0.29) is 5.91 Å². The Morgan fingerprint density at radius 3 is 2.16 bits per heavy atom. The third-order valence-electron chi connectivity index (χ3n) is 12.2. The van der Waals surface area contributed by atoms with Crippen LogP contribution in [0.25, 0.3) is 0 Å². The molecule has 0 unspecified atom stereocenters. The number of carboxylic acids is 1. The molecule has 0 aliphatic carbocycles. The van der Waals surface area contributed by atoms with E-state index in [9.17, 15) is 24.3 Å². The lowest BCUT2D eigenvalue weighted by atomic mass is 9.72. The van der Waals surface area contributed by atoms with Crippen LogP contribution in [0.2, 0.25) is 10.0 Å². The number of nitrogens with zero attached hydrogens (tertiary/aromatic N) is 6. The summed E-state index contributed by atoms with van der Waals surface area (Å²) in [6.45, 7) is 4.73. The van der Waals surface area contributed by atoms with Gasteiger partial charge in [0.15, 0.2) is 11.5 Å². The second-order valence-corrected chi connectivity index (χ2v) is 15.8. The predicted octanol–water partition coefficient (Wildman–Crippen LogP) is 4.12. The van der Waals surface area contributed by atoms with Crippen molar-refractivity contribution in [3.05, 3.63) is 81.6 Å². The van der Waals surface area contributed by atoms with E-state index in [0.717, 1.165) is 5.56 Å². The highest BCUT2D eigenvalue weighted by Crippen LogP contribution is 2.43. The van der Waals surface area contributed by atoms with Gasteiger partial charge in [0.2, 0.25) is 17.8 Å². The predicted molar refractivity (Wildman–Crippen MR) is 211 cm³/mol. The molecule has 0 radical (unpaired) electrons. The number of methoxy groups -OCH3 is 3. The number of piperidine rings is 1. The number of carboxylic acid groups (broad SMARTS) is 1. The second kappa shape index (κ2) is 16.7. The maximum absolute atomic E-state index is 14.3. The Balaban J connectivity index is 1.08. The standard InChI is InChI=1S/C40H47Cl2N7O8/c1-55-31-21-26(22-32(56-2)33(31)57-3)35(50)47-16-9-39(25-47,27-6-7-29(41)30(42)23-27)8-13-45-14-10-40(11-15-45,28-5-4-12-43-24-28)37(53)44-38(54)49-34(36(51)52)46-17-19-48(49)20-18-46/h4-7,12,21-24,34H,8-11,13-20,25H2,1-3H3,(H,51,52)(H,44,53,54)/t34-,39+/m0/s1. The zero-order valence-corrected chi connectivity index (χ0v) is 33.7. The highest BCUT2D eigenvalue weighted by atomic mass is 35.5. The van der Waals surface area contributed by atoms with Crippen LogP contribution in [0.5, 0.6) is 17.2 Å². The van der Waals surface area contributed by atoms with E-state index >= 15 is 0 Å². The number of halogens is 2. The maximum Gasteiger partial charge on any atom is 0.343 e. The molecule has 4 amide bonds. The number of hydrogen-bond donors (Lipinski definition) is 2. The Morgan fingerprint density at radius 2 is 1.56 bits per heavy atom. The van der Waals surface area contributed by atoms with Crippen LogP contribution in [0.4, 0.5) is 4.79 Å². The Morgan fingerprint density at radius 1 is 0.860 bits per heavy atom. The average molecular weight is 825 g/mol. The van der Waals surface area contributed by atoms with Crippen molar-refractivity contribution < 1.29 is 38.5 Å². The van der Waals surface area contributed by atoms with Gasteiger partial charge in [0, 0.05) is 62.6 Å². The van der Waals surface area contributed by atoms with E-state index in [4.69, 9.17) is 37.4 Å². The third kappa shape index (κ3) is 7.70. The number of ether oxygens (including phenoxy) is 3. The van der Waals surface area contributed by atoms with Gasteiger partial charge >= 0.3 is 12.0 Å². The van der Waals surface area contributed by atoms with Crippen LogP contribution < -0.4 is 19.5 Å². The van der Waals surface area contributed by atoms with Gasteiger partial charge in [0.25, 0.3) is 5.91 Å². The van der Waals surface area contributed by atoms with Crippen molar-refractivity contribution in [1.29, 1.82) is 0 Å². The number of amides is 4. The first-order chi connectivity index (χ1) is 27.4.